The van der Waals surface area contributed by atoms with E-state index in [2.05, 4.69) is 20.9 Å². The molecule has 0 aliphatic heterocycles. The van der Waals surface area contributed by atoms with Crippen molar-refractivity contribution < 1.29 is 23.8 Å². The highest BCUT2D eigenvalue weighted by atomic mass is 79.9. The molecule has 2 rings (SSSR count). The van der Waals surface area contributed by atoms with Crippen LogP contribution in [0.4, 0.5) is 0 Å². The Morgan fingerprint density at radius 2 is 2.04 bits per heavy atom. The summed E-state index contributed by atoms with van der Waals surface area (Å²) in [6.45, 7) is 1.78. The third kappa shape index (κ3) is 4.32. The molecular weight excluding hydrogens is 378 g/mol. The summed E-state index contributed by atoms with van der Waals surface area (Å²) in [7, 11) is 1.53. The highest BCUT2D eigenvalue weighted by molar-refractivity contribution is 9.10. The number of carbonyl (C=O) groups excluding carboxylic acids is 2. The SMILES string of the molecule is CCOc1ncccc1C(=O)OCC(=O)c1ccc(OC)c(Br)c1. The molecule has 0 bridgehead atoms. The predicted molar refractivity (Wildman–Crippen MR) is 90.7 cm³/mol. The van der Waals surface area contributed by atoms with Crippen LogP contribution in [0.2, 0.25) is 0 Å². The summed E-state index contributed by atoms with van der Waals surface area (Å²) in [5.41, 5.74) is 0.592. The largest absolute Gasteiger partial charge is 0.496 e. The van der Waals surface area contributed by atoms with Gasteiger partial charge in [-0.1, -0.05) is 0 Å². The fourth-order valence-electron chi connectivity index (χ4n) is 1.93. The van der Waals surface area contributed by atoms with E-state index in [4.69, 9.17) is 14.2 Å². The van der Waals surface area contributed by atoms with Gasteiger partial charge in [-0.3, -0.25) is 4.79 Å². The highest BCUT2D eigenvalue weighted by Crippen LogP contribution is 2.25. The zero-order valence-electron chi connectivity index (χ0n) is 13.2. The zero-order valence-corrected chi connectivity index (χ0v) is 14.8. The van der Waals surface area contributed by atoms with Crippen LogP contribution < -0.4 is 9.47 Å². The summed E-state index contributed by atoms with van der Waals surface area (Å²) in [6.07, 6.45) is 1.52. The number of rotatable bonds is 7. The Hall–Kier alpha value is -2.41. The molecule has 24 heavy (non-hydrogen) atoms. The minimum absolute atomic E-state index is 0.183. The number of carbonyl (C=O) groups is 2. The molecule has 0 N–H and O–H groups in total. The fourth-order valence-corrected chi connectivity index (χ4v) is 2.47. The van der Waals surface area contributed by atoms with E-state index in [1.807, 2.05) is 0 Å². The molecule has 1 aromatic heterocycles. The molecule has 7 heteroatoms. The van der Waals surface area contributed by atoms with Crippen LogP contribution in [0.15, 0.2) is 41.0 Å². The number of nitrogens with zero attached hydrogens (tertiary/aromatic N) is 1. The summed E-state index contributed by atoms with van der Waals surface area (Å²) >= 11 is 3.31. The Balaban J connectivity index is 2.04. The second kappa shape index (κ2) is 8.44. The van der Waals surface area contributed by atoms with E-state index in [-0.39, 0.29) is 23.8 Å². The number of esters is 1. The van der Waals surface area contributed by atoms with Crippen molar-refractivity contribution in [3.63, 3.8) is 0 Å². The number of pyridine rings is 1. The van der Waals surface area contributed by atoms with Crippen LogP contribution in [0.25, 0.3) is 0 Å². The minimum atomic E-state index is -0.660. The van der Waals surface area contributed by atoms with Crippen molar-refractivity contribution in [2.24, 2.45) is 0 Å². The van der Waals surface area contributed by atoms with Crippen LogP contribution >= 0.6 is 15.9 Å². The molecule has 0 spiro atoms. The summed E-state index contributed by atoms with van der Waals surface area (Å²) in [6, 6.07) is 8.02. The van der Waals surface area contributed by atoms with Gasteiger partial charge in [-0.15, -0.1) is 0 Å². The van der Waals surface area contributed by atoms with Crippen molar-refractivity contribution in [3.05, 3.63) is 52.1 Å². The summed E-state index contributed by atoms with van der Waals surface area (Å²) < 4.78 is 16.1. The molecule has 126 valence electrons. The quantitative estimate of drug-likeness (QED) is 0.530. The van der Waals surface area contributed by atoms with Crippen molar-refractivity contribution in [1.82, 2.24) is 4.98 Å². The number of hydrogen-bond acceptors (Lipinski definition) is 6. The van der Waals surface area contributed by atoms with Crippen molar-refractivity contribution in [3.8, 4) is 11.6 Å². The molecule has 0 amide bonds. The Labute approximate surface area is 147 Å². The van der Waals surface area contributed by atoms with Gasteiger partial charge in [-0.25, -0.2) is 9.78 Å². The number of Topliss-reactive ketones (excluding diaryl/α,β-unsaturated/α-hetero) is 1. The second-order valence-electron chi connectivity index (χ2n) is 4.64. The van der Waals surface area contributed by atoms with E-state index in [0.717, 1.165) is 0 Å². The molecule has 1 heterocycles. The first-order valence-corrected chi connectivity index (χ1v) is 7.97. The van der Waals surface area contributed by atoms with E-state index in [0.29, 0.717) is 22.4 Å². The molecule has 0 aliphatic carbocycles. The smallest absolute Gasteiger partial charge is 0.344 e. The van der Waals surface area contributed by atoms with Crippen molar-refractivity contribution in [2.45, 2.75) is 6.92 Å². The molecule has 1 aromatic carbocycles. The molecule has 0 saturated heterocycles. The van der Waals surface area contributed by atoms with Gasteiger partial charge in [0.05, 0.1) is 18.2 Å². The van der Waals surface area contributed by atoms with Gasteiger partial charge in [0, 0.05) is 11.8 Å². The lowest BCUT2D eigenvalue weighted by Crippen LogP contribution is -2.15. The van der Waals surface area contributed by atoms with Crippen molar-refractivity contribution in [2.75, 3.05) is 20.3 Å². The first-order chi connectivity index (χ1) is 11.6. The number of methoxy groups -OCH3 is 1. The third-order valence-electron chi connectivity index (χ3n) is 3.08. The minimum Gasteiger partial charge on any atom is -0.496 e. The first kappa shape index (κ1) is 17.9. The Kier molecular flexibility index (Phi) is 6.31. The fraction of sp³-hybridized carbons (Fsp3) is 0.235. The highest BCUT2D eigenvalue weighted by Gasteiger charge is 2.17. The summed E-state index contributed by atoms with van der Waals surface area (Å²) in [5.74, 6) is -0.189. The topological polar surface area (TPSA) is 74.7 Å². The summed E-state index contributed by atoms with van der Waals surface area (Å²) in [5, 5.41) is 0. The van der Waals surface area contributed by atoms with Gasteiger partial charge >= 0.3 is 5.97 Å². The maximum atomic E-state index is 12.2. The number of hydrogen-bond donors (Lipinski definition) is 0. The Morgan fingerprint density at radius 3 is 2.71 bits per heavy atom. The van der Waals surface area contributed by atoms with Crippen molar-refractivity contribution >= 4 is 27.7 Å². The van der Waals surface area contributed by atoms with Gasteiger partial charge in [0.25, 0.3) is 0 Å². The molecule has 2 aromatic rings. The number of benzene rings is 1. The number of halogens is 1. The third-order valence-corrected chi connectivity index (χ3v) is 3.70. The van der Waals surface area contributed by atoms with E-state index in [1.165, 1.54) is 19.4 Å². The molecular formula is C17H16BrNO5. The average Bonchev–Trinajstić information content (AvgIpc) is 2.60. The van der Waals surface area contributed by atoms with Gasteiger partial charge in [0.15, 0.2) is 12.4 Å². The van der Waals surface area contributed by atoms with E-state index in [1.54, 1.807) is 31.2 Å². The molecule has 0 radical (unpaired) electrons. The monoisotopic (exact) mass is 393 g/mol. The maximum Gasteiger partial charge on any atom is 0.344 e. The van der Waals surface area contributed by atoms with Gasteiger partial charge in [0.2, 0.25) is 5.88 Å². The van der Waals surface area contributed by atoms with Crippen LogP contribution in [0, 0.1) is 0 Å². The Bertz CT molecular complexity index is 748. The lowest BCUT2D eigenvalue weighted by atomic mass is 10.1. The zero-order chi connectivity index (χ0) is 17.5. The predicted octanol–water partition coefficient (Wildman–Crippen LogP) is 3.29. The average molecular weight is 394 g/mol. The van der Waals surface area contributed by atoms with Gasteiger partial charge < -0.3 is 14.2 Å². The standard InChI is InChI=1S/C17H16BrNO5/c1-3-23-16-12(5-4-8-19-16)17(21)24-10-14(20)11-6-7-15(22-2)13(18)9-11/h4-9H,3,10H2,1-2H3. The van der Waals surface area contributed by atoms with E-state index >= 15 is 0 Å². The van der Waals surface area contributed by atoms with Gasteiger partial charge in [-0.2, -0.15) is 0 Å². The lowest BCUT2D eigenvalue weighted by Gasteiger charge is -2.09. The first-order valence-electron chi connectivity index (χ1n) is 7.18. The number of aromatic nitrogens is 1. The molecule has 0 fully saturated rings. The molecule has 0 atom stereocenters. The molecule has 0 saturated carbocycles. The van der Waals surface area contributed by atoms with Crippen molar-refractivity contribution in [1.29, 1.82) is 0 Å². The molecule has 0 unspecified atom stereocenters. The van der Waals surface area contributed by atoms with Crippen LogP contribution in [-0.2, 0) is 4.74 Å². The molecule has 6 nitrogen and oxygen atoms in total. The van der Waals surface area contributed by atoms with E-state index < -0.39 is 5.97 Å². The van der Waals surface area contributed by atoms with E-state index in [9.17, 15) is 9.59 Å². The van der Waals surface area contributed by atoms with Crippen LogP contribution in [0.5, 0.6) is 11.6 Å². The van der Waals surface area contributed by atoms with Gasteiger partial charge in [-0.05, 0) is 53.2 Å². The maximum absolute atomic E-state index is 12.2. The lowest BCUT2D eigenvalue weighted by molar-refractivity contribution is 0.0470. The summed E-state index contributed by atoms with van der Waals surface area (Å²) in [4.78, 5) is 28.3. The second-order valence-corrected chi connectivity index (χ2v) is 5.49. The van der Waals surface area contributed by atoms with Crippen LogP contribution in [0.1, 0.15) is 27.6 Å². The van der Waals surface area contributed by atoms with Crippen LogP contribution in [-0.4, -0.2) is 37.1 Å². The van der Waals surface area contributed by atoms with Crippen LogP contribution in [0.3, 0.4) is 0 Å². The number of ether oxygens (including phenoxy) is 3. The normalized spacial score (nSPS) is 10.1. The Morgan fingerprint density at radius 1 is 1.25 bits per heavy atom. The molecule has 0 aliphatic rings. The van der Waals surface area contributed by atoms with Gasteiger partial charge in [0.1, 0.15) is 11.3 Å². The number of ketones is 1.